The molecule has 0 aliphatic carbocycles. The number of fused-ring (bicyclic) bond motifs is 1. The lowest BCUT2D eigenvalue weighted by Gasteiger charge is -2.32. The lowest BCUT2D eigenvalue weighted by molar-refractivity contribution is -0.131. The molecule has 0 atom stereocenters. The van der Waals surface area contributed by atoms with Crippen molar-refractivity contribution < 1.29 is 13.6 Å². The molecule has 1 aromatic carbocycles. The van der Waals surface area contributed by atoms with E-state index in [4.69, 9.17) is 0 Å². The summed E-state index contributed by atoms with van der Waals surface area (Å²) in [5.74, 6) is 0.313. The van der Waals surface area contributed by atoms with Crippen molar-refractivity contribution in [3.05, 3.63) is 64.5 Å². The van der Waals surface area contributed by atoms with Crippen molar-refractivity contribution in [3.8, 4) is 0 Å². The smallest absolute Gasteiger partial charge is 0.280 e. The van der Waals surface area contributed by atoms with Gasteiger partial charge in [-0.25, -0.2) is 13.8 Å². The predicted molar refractivity (Wildman–Crippen MR) is 109 cm³/mol. The zero-order chi connectivity index (χ0) is 21.3. The molecule has 0 spiro atoms. The minimum Gasteiger partial charge on any atom is -0.350 e. The van der Waals surface area contributed by atoms with E-state index in [2.05, 4.69) is 4.98 Å². The van der Waals surface area contributed by atoms with Crippen LogP contribution in [0.3, 0.4) is 0 Å². The molecule has 1 saturated heterocycles. The van der Waals surface area contributed by atoms with Crippen molar-refractivity contribution in [2.75, 3.05) is 13.1 Å². The number of likely N-dealkylation sites (tertiary alicyclic amines) is 1. The molecule has 3 aromatic rings. The highest BCUT2D eigenvalue weighted by Gasteiger charge is 2.24. The van der Waals surface area contributed by atoms with Gasteiger partial charge in [0.2, 0.25) is 5.91 Å². The van der Waals surface area contributed by atoms with Gasteiger partial charge < -0.3 is 9.47 Å². The molecule has 1 aliphatic heterocycles. The number of rotatable bonds is 5. The summed E-state index contributed by atoms with van der Waals surface area (Å²) in [6, 6.07) is 8.94. The molecule has 0 N–H and O–H groups in total. The van der Waals surface area contributed by atoms with Crippen molar-refractivity contribution >= 4 is 16.8 Å². The summed E-state index contributed by atoms with van der Waals surface area (Å²) in [6.45, 7) is 1.69. The van der Waals surface area contributed by atoms with Crippen LogP contribution < -0.4 is 5.56 Å². The Morgan fingerprint density at radius 1 is 1.23 bits per heavy atom. The summed E-state index contributed by atoms with van der Waals surface area (Å²) >= 11 is 0. The number of para-hydroxylation sites is 1. The van der Waals surface area contributed by atoms with E-state index in [1.165, 1.54) is 10.9 Å². The molecule has 0 radical (unpaired) electrons. The summed E-state index contributed by atoms with van der Waals surface area (Å²) in [6.07, 6.45) is 2.36. The van der Waals surface area contributed by atoms with Crippen LogP contribution in [0.15, 0.2) is 47.7 Å². The van der Waals surface area contributed by atoms with Gasteiger partial charge in [-0.15, -0.1) is 0 Å². The third kappa shape index (κ3) is 4.13. The van der Waals surface area contributed by atoms with Crippen LogP contribution in [0.25, 0.3) is 10.9 Å². The number of halogens is 2. The van der Waals surface area contributed by atoms with E-state index in [9.17, 15) is 18.4 Å². The number of hydrogen-bond donors (Lipinski definition) is 0. The van der Waals surface area contributed by atoms with Gasteiger partial charge in [0.1, 0.15) is 5.69 Å². The highest BCUT2D eigenvalue weighted by Crippen LogP contribution is 2.23. The molecule has 8 heteroatoms. The number of nitrogens with zero attached hydrogens (tertiary/aromatic N) is 4. The fraction of sp³-hybridized carbons (Fsp3) is 0.409. The molecule has 0 unspecified atom stereocenters. The second-order valence-electron chi connectivity index (χ2n) is 7.89. The van der Waals surface area contributed by atoms with Crippen LogP contribution in [0.1, 0.15) is 30.5 Å². The van der Waals surface area contributed by atoms with E-state index in [0.717, 1.165) is 35.4 Å². The maximum atomic E-state index is 12.8. The molecular weight excluding hydrogens is 390 g/mol. The van der Waals surface area contributed by atoms with Crippen molar-refractivity contribution in [1.29, 1.82) is 0 Å². The van der Waals surface area contributed by atoms with Gasteiger partial charge in [-0.05, 0) is 30.4 Å². The number of benzene rings is 1. The van der Waals surface area contributed by atoms with Gasteiger partial charge in [-0.1, -0.05) is 18.2 Å². The zero-order valence-corrected chi connectivity index (χ0v) is 16.8. The Morgan fingerprint density at radius 3 is 2.67 bits per heavy atom. The molecule has 2 aromatic heterocycles. The number of amides is 1. The summed E-state index contributed by atoms with van der Waals surface area (Å²) in [7, 11) is 1.98. The Kier molecular flexibility index (Phi) is 5.65. The number of carbonyl (C=O) groups excluding carboxylic acids is 1. The maximum Gasteiger partial charge on any atom is 0.280 e. The molecule has 0 saturated carbocycles. The lowest BCUT2D eigenvalue weighted by atomic mass is 9.96. The second kappa shape index (κ2) is 8.38. The van der Waals surface area contributed by atoms with Gasteiger partial charge in [0.05, 0.1) is 12.7 Å². The van der Waals surface area contributed by atoms with Crippen molar-refractivity contribution in [3.63, 3.8) is 0 Å². The van der Waals surface area contributed by atoms with Crippen LogP contribution in [-0.4, -0.2) is 38.0 Å². The molecular formula is C22H24F2N4O2. The fourth-order valence-corrected chi connectivity index (χ4v) is 4.18. The minimum atomic E-state index is -2.75. The Morgan fingerprint density at radius 2 is 1.97 bits per heavy atom. The molecule has 3 heterocycles. The highest BCUT2D eigenvalue weighted by atomic mass is 19.3. The van der Waals surface area contributed by atoms with Crippen molar-refractivity contribution in [2.45, 2.75) is 32.2 Å². The quantitative estimate of drug-likeness (QED) is 0.644. The van der Waals surface area contributed by atoms with E-state index in [1.54, 1.807) is 0 Å². The zero-order valence-electron chi connectivity index (χ0n) is 16.8. The van der Waals surface area contributed by atoms with Crippen LogP contribution in [0.2, 0.25) is 0 Å². The van der Waals surface area contributed by atoms with Crippen LogP contribution in [0, 0.1) is 5.92 Å². The van der Waals surface area contributed by atoms with Gasteiger partial charge in [0, 0.05) is 49.8 Å². The SMILES string of the molecule is Cn1cc(CC(=O)N2CCC(Cn3cnc(C(F)F)cc3=O)CC2)c2ccccc21. The summed E-state index contributed by atoms with van der Waals surface area (Å²) in [4.78, 5) is 30.4. The Hall–Kier alpha value is -3.03. The first kappa shape index (κ1) is 20.3. The van der Waals surface area contributed by atoms with Gasteiger partial charge in [-0.3, -0.25) is 14.2 Å². The topological polar surface area (TPSA) is 60.1 Å². The summed E-state index contributed by atoms with van der Waals surface area (Å²) in [5, 5.41) is 1.10. The largest absolute Gasteiger partial charge is 0.350 e. The molecule has 30 heavy (non-hydrogen) atoms. The first-order valence-electron chi connectivity index (χ1n) is 10.1. The normalized spacial score (nSPS) is 15.3. The minimum absolute atomic E-state index is 0.102. The third-order valence-corrected chi connectivity index (χ3v) is 5.87. The lowest BCUT2D eigenvalue weighted by Crippen LogP contribution is -2.40. The van der Waals surface area contributed by atoms with E-state index in [1.807, 2.05) is 47.0 Å². The van der Waals surface area contributed by atoms with Crippen LogP contribution in [0.5, 0.6) is 0 Å². The number of aryl methyl sites for hydroxylation is 1. The Balaban J connectivity index is 1.35. The second-order valence-corrected chi connectivity index (χ2v) is 7.89. The van der Waals surface area contributed by atoms with Crippen LogP contribution >= 0.6 is 0 Å². The average Bonchev–Trinajstić information content (AvgIpc) is 3.05. The number of carbonyl (C=O) groups is 1. The number of aromatic nitrogens is 3. The molecule has 1 amide bonds. The van der Waals surface area contributed by atoms with E-state index < -0.39 is 17.7 Å². The van der Waals surface area contributed by atoms with E-state index >= 15 is 0 Å². The number of hydrogen-bond acceptors (Lipinski definition) is 3. The van der Waals surface area contributed by atoms with E-state index in [0.29, 0.717) is 26.1 Å². The third-order valence-electron chi connectivity index (χ3n) is 5.87. The predicted octanol–water partition coefficient (Wildman–Crippen LogP) is 3.15. The summed E-state index contributed by atoms with van der Waals surface area (Å²) in [5.41, 5.74) is 1.17. The Labute approximate surface area is 172 Å². The maximum absolute atomic E-state index is 12.8. The van der Waals surface area contributed by atoms with Crippen LogP contribution in [-0.2, 0) is 24.8 Å². The molecule has 0 bridgehead atoms. The number of alkyl halides is 2. The molecule has 1 fully saturated rings. The molecule has 6 nitrogen and oxygen atoms in total. The van der Waals surface area contributed by atoms with Crippen molar-refractivity contribution in [1.82, 2.24) is 19.0 Å². The fourth-order valence-electron chi connectivity index (χ4n) is 4.18. The first-order valence-corrected chi connectivity index (χ1v) is 10.1. The first-order chi connectivity index (χ1) is 14.4. The van der Waals surface area contributed by atoms with Crippen molar-refractivity contribution in [2.24, 2.45) is 13.0 Å². The van der Waals surface area contributed by atoms with Gasteiger partial charge >= 0.3 is 0 Å². The molecule has 4 rings (SSSR count). The average molecular weight is 414 g/mol. The Bertz CT molecular complexity index is 1110. The van der Waals surface area contributed by atoms with Gasteiger partial charge in [0.25, 0.3) is 12.0 Å². The van der Waals surface area contributed by atoms with E-state index in [-0.39, 0.29) is 11.8 Å². The van der Waals surface area contributed by atoms with Gasteiger partial charge in [-0.2, -0.15) is 0 Å². The summed E-state index contributed by atoms with van der Waals surface area (Å²) < 4.78 is 28.7. The van der Waals surface area contributed by atoms with Gasteiger partial charge in [0.15, 0.2) is 0 Å². The number of piperidine rings is 1. The standard InChI is InChI=1S/C22H24F2N4O2/c1-26-13-16(17-4-2-3-5-19(17)26)10-20(29)27-8-6-15(7-9-27)12-28-14-25-18(22(23)24)11-21(28)30/h2-5,11,13-15,22H,6-10,12H2,1H3. The molecule has 1 aliphatic rings. The molecule has 158 valence electrons. The highest BCUT2D eigenvalue weighted by molar-refractivity contribution is 5.89. The monoisotopic (exact) mass is 414 g/mol. The van der Waals surface area contributed by atoms with Crippen LogP contribution in [0.4, 0.5) is 8.78 Å².